The number of nitrogens with zero attached hydrogens (tertiary/aromatic N) is 2. The summed E-state index contributed by atoms with van der Waals surface area (Å²) in [5, 5.41) is 10.4. The Morgan fingerprint density at radius 2 is 2.33 bits per heavy atom. The van der Waals surface area contributed by atoms with Crippen LogP contribution < -0.4 is 10.6 Å². The van der Waals surface area contributed by atoms with Gasteiger partial charge in [0.15, 0.2) is 0 Å². The van der Waals surface area contributed by atoms with Crippen molar-refractivity contribution >= 4 is 30.7 Å². The van der Waals surface area contributed by atoms with Crippen LogP contribution in [0.1, 0.15) is 25.8 Å². The first kappa shape index (κ1) is 17.2. The first-order valence-corrected chi connectivity index (χ1v) is 5.77. The molecule has 1 aliphatic heterocycles. The molecular formula is C11H20Cl2N4O. The van der Waals surface area contributed by atoms with Crippen LogP contribution in [0.2, 0.25) is 0 Å². The van der Waals surface area contributed by atoms with E-state index in [0.29, 0.717) is 0 Å². The molecule has 0 spiro atoms. The third-order valence-corrected chi connectivity index (χ3v) is 2.94. The van der Waals surface area contributed by atoms with Crippen molar-refractivity contribution < 1.29 is 4.79 Å². The molecule has 0 aromatic carbocycles. The molecule has 1 fully saturated rings. The maximum atomic E-state index is 11.9. The number of carbonyl (C=O) groups excluding carboxylic acids is 1. The van der Waals surface area contributed by atoms with E-state index in [2.05, 4.69) is 15.7 Å². The fraction of sp³-hybridized carbons (Fsp3) is 0.636. The van der Waals surface area contributed by atoms with E-state index in [1.165, 1.54) is 0 Å². The normalized spacial score (nSPS) is 20.2. The second-order valence-corrected chi connectivity index (χ2v) is 4.21. The summed E-state index contributed by atoms with van der Waals surface area (Å²) in [6.07, 6.45) is 5.68. The summed E-state index contributed by atoms with van der Waals surface area (Å²) < 4.78 is 1.67. The Kier molecular flexibility index (Phi) is 7.98. The molecule has 5 nitrogen and oxygen atoms in total. The highest BCUT2D eigenvalue weighted by atomic mass is 35.5. The molecule has 18 heavy (non-hydrogen) atoms. The van der Waals surface area contributed by atoms with Gasteiger partial charge in [0, 0.05) is 25.0 Å². The molecule has 0 aliphatic carbocycles. The number of aromatic nitrogens is 2. The number of hydrogen-bond donors (Lipinski definition) is 2. The van der Waals surface area contributed by atoms with Crippen molar-refractivity contribution in [3.63, 3.8) is 0 Å². The summed E-state index contributed by atoms with van der Waals surface area (Å²) in [6.45, 7) is 3.79. The molecule has 0 bridgehead atoms. The van der Waals surface area contributed by atoms with Crippen LogP contribution in [0.3, 0.4) is 0 Å². The van der Waals surface area contributed by atoms with Gasteiger partial charge in [-0.1, -0.05) is 0 Å². The Morgan fingerprint density at radius 3 is 2.89 bits per heavy atom. The minimum atomic E-state index is -0.239. The molecule has 1 aromatic heterocycles. The van der Waals surface area contributed by atoms with E-state index >= 15 is 0 Å². The van der Waals surface area contributed by atoms with Gasteiger partial charge in [0.1, 0.15) is 6.04 Å². The van der Waals surface area contributed by atoms with Gasteiger partial charge in [0.05, 0.1) is 0 Å². The van der Waals surface area contributed by atoms with Crippen LogP contribution in [0.25, 0.3) is 0 Å². The maximum Gasteiger partial charge on any atom is 0.244 e. The van der Waals surface area contributed by atoms with Crippen molar-refractivity contribution in [2.75, 3.05) is 13.1 Å². The highest BCUT2D eigenvalue weighted by Crippen LogP contribution is 2.06. The standard InChI is InChI=1S/C11H18N4O.2ClH/c1-9(15-7-3-6-13-15)11(16)14-10-4-2-5-12-8-10;;/h3,6-7,9-10,12H,2,4-5,8H2,1H3,(H,14,16);2*1H/t9?,10-;;/m1../s1. The predicted octanol–water partition coefficient (Wildman–Crippen LogP) is 1.16. The first-order valence-electron chi connectivity index (χ1n) is 5.77. The molecular weight excluding hydrogens is 275 g/mol. The molecule has 0 radical (unpaired) electrons. The lowest BCUT2D eigenvalue weighted by Crippen LogP contribution is -2.47. The summed E-state index contributed by atoms with van der Waals surface area (Å²) in [5.74, 6) is 0.0393. The average Bonchev–Trinajstić information content (AvgIpc) is 2.83. The molecule has 0 saturated carbocycles. The molecule has 7 heteroatoms. The SMILES string of the molecule is CC(C(=O)N[C@@H]1CCCNC1)n1cccn1.Cl.Cl. The number of hydrogen-bond acceptors (Lipinski definition) is 3. The third kappa shape index (κ3) is 4.48. The minimum Gasteiger partial charge on any atom is -0.350 e. The molecule has 2 N–H and O–H groups in total. The van der Waals surface area contributed by atoms with Gasteiger partial charge in [-0.15, -0.1) is 24.8 Å². The topological polar surface area (TPSA) is 59.0 Å². The number of amides is 1. The smallest absolute Gasteiger partial charge is 0.244 e. The van der Waals surface area contributed by atoms with Gasteiger partial charge in [-0.05, 0) is 32.4 Å². The van der Waals surface area contributed by atoms with Crippen LogP contribution in [0, 0.1) is 0 Å². The molecule has 104 valence electrons. The number of carbonyl (C=O) groups is 1. The monoisotopic (exact) mass is 294 g/mol. The number of rotatable bonds is 3. The largest absolute Gasteiger partial charge is 0.350 e. The third-order valence-electron chi connectivity index (χ3n) is 2.94. The van der Waals surface area contributed by atoms with Crippen LogP contribution in [-0.2, 0) is 4.79 Å². The molecule has 1 amide bonds. The summed E-state index contributed by atoms with van der Waals surface area (Å²) in [4.78, 5) is 11.9. The zero-order chi connectivity index (χ0) is 11.4. The molecule has 1 aliphatic rings. The van der Waals surface area contributed by atoms with E-state index in [1.54, 1.807) is 10.9 Å². The Balaban J connectivity index is 0.00000144. The molecule has 1 aromatic rings. The van der Waals surface area contributed by atoms with Gasteiger partial charge >= 0.3 is 0 Å². The predicted molar refractivity (Wildman–Crippen MR) is 75.5 cm³/mol. The Bertz CT molecular complexity index is 339. The number of nitrogens with one attached hydrogen (secondary N) is 2. The van der Waals surface area contributed by atoms with Crippen LogP contribution in [0.15, 0.2) is 18.5 Å². The lowest BCUT2D eigenvalue weighted by molar-refractivity contribution is -0.125. The lowest BCUT2D eigenvalue weighted by atomic mass is 10.1. The molecule has 2 atom stereocenters. The van der Waals surface area contributed by atoms with E-state index in [4.69, 9.17) is 0 Å². The fourth-order valence-electron chi connectivity index (χ4n) is 1.93. The van der Waals surface area contributed by atoms with Gasteiger partial charge in [0.2, 0.25) is 5.91 Å². The highest BCUT2D eigenvalue weighted by Gasteiger charge is 2.20. The summed E-state index contributed by atoms with van der Waals surface area (Å²) in [6, 6.07) is 1.85. The van der Waals surface area contributed by atoms with Gasteiger partial charge < -0.3 is 10.6 Å². The van der Waals surface area contributed by atoms with E-state index in [-0.39, 0.29) is 42.8 Å². The van der Waals surface area contributed by atoms with Crippen molar-refractivity contribution in [2.45, 2.75) is 31.8 Å². The van der Waals surface area contributed by atoms with Crippen LogP contribution >= 0.6 is 24.8 Å². The maximum absolute atomic E-state index is 11.9. The molecule has 2 rings (SSSR count). The van der Waals surface area contributed by atoms with Gasteiger partial charge in [-0.3, -0.25) is 9.48 Å². The number of halogens is 2. The zero-order valence-electron chi connectivity index (χ0n) is 10.3. The van der Waals surface area contributed by atoms with Crippen molar-refractivity contribution in [1.29, 1.82) is 0 Å². The zero-order valence-corrected chi connectivity index (χ0v) is 12.0. The van der Waals surface area contributed by atoms with Gasteiger partial charge in [0.25, 0.3) is 0 Å². The van der Waals surface area contributed by atoms with E-state index in [9.17, 15) is 4.79 Å². The van der Waals surface area contributed by atoms with Crippen LogP contribution in [0.5, 0.6) is 0 Å². The van der Waals surface area contributed by atoms with Crippen molar-refractivity contribution in [2.24, 2.45) is 0 Å². The van der Waals surface area contributed by atoms with Gasteiger partial charge in [-0.2, -0.15) is 5.10 Å². The Hall–Kier alpha value is -0.780. The van der Waals surface area contributed by atoms with Crippen LogP contribution in [0.4, 0.5) is 0 Å². The van der Waals surface area contributed by atoms with Crippen LogP contribution in [-0.4, -0.2) is 34.8 Å². The van der Waals surface area contributed by atoms with Crippen molar-refractivity contribution in [3.8, 4) is 0 Å². The molecule has 1 unspecified atom stereocenters. The van der Waals surface area contributed by atoms with E-state index < -0.39 is 0 Å². The summed E-state index contributed by atoms with van der Waals surface area (Å²) >= 11 is 0. The van der Waals surface area contributed by atoms with Gasteiger partial charge in [-0.25, -0.2) is 0 Å². The molecule has 2 heterocycles. The average molecular weight is 295 g/mol. The summed E-state index contributed by atoms with van der Waals surface area (Å²) in [7, 11) is 0. The first-order chi connectivity index (χ1) is 7.77. The lowest BCUT2D eigenvalue weighted by Gasteiger charge is -2.25. The Morgan fingerprint density at radius 1 is 1.56 bits per heavy atom. The number of piperidine rings is 1. The second-order valence-electron chi connectivity index (χ2n) is 4.21. The summed E-state index contributed by atoms with van der Waals surface area (Å²) in [5.41, 5.74) is 0. The van der Waals surface area contributed by atoms with Crippen molar-refractivity contribution in [3.05, 3.63) is 18.5 Å². The quantitative estimate of drug-likeness (QED) is 0.879. The van der Waals surface area contributed by atoms with E-state index in [0.717, 1.165) is 25.9 Å². The second kappa shape index (κ2) is 8.34. The van der Waals surface area contributed by atoms with Crippen molar-refractivity contribution in [1.82, 2.24) is 20.4 Å². The molecule has 1 saturated heterocycles. The van der Waals surface area contributed by atoms with E-state index in [1.807, 2.05) is 19.2 Å². The Labute approximate surface area is 120 Å². The highest BCUT2D eigenvalue weighted by molar-refractivity contribution is 5.85. The fourth-order valence-corrected chi connectivity index (χ4v) is 1.93. The minimum absolute atomic E-state index is 0.